The zero-order valence-corrected chi connectivity index (χ0v) is 29.0. The van der Waals surface area contributed by atoms with Crippen LogP contribution in [-0.4, -0.2) is 58.8 Å². The largest absolute Gasteiger partial charge is 0.550 e. The smallest absolute Gasteiger partial charge is 0.312 e. The molecule has 0 amide bonds. The third-order valence-electron chi connectivity index (χ3n) is 9.48. The normalized spacial score (nSPS) is 15.2. The van der Waals surface area contributed by atoms with Crippen molar-refractivity contribution in [1.29, 1.82) is 0 Å². The van der Waals surface area contributed by atoms with Crippen molar-refractivity contribution in [2.24, 2.45) is 17.8 Å². The van der Waals surface area contributed by atoms with Gasteiger partial charge in [0, 0.05) is 5.92 Å². The summed E-state index contributed by atoms with van der Waals surface area (Å²) in [5.41, 5.74) is 0. The first-order valence-electron chi connectivity index (χ1n) is 18.3. The van der Waals surface area contributed by atoms with Crippen LogP contribution in [0, 0.1) is 17.8 Å². The molecule has 0 aliphatic heterocycles. The number of allylic oxidation sites excluding steroid dienone is 2. The Hall–Kier alpha value is -1.89. The first kappa shape index (κ1) is 42.1. The van der Waals surface area contributed by atoms with E-state index in [1.807, 2.05) is 13.8 Å². The Morgan fingerprint density at radius 3 is 1.23 bits per heavy atom. The Kier molecular flexibility index (Phi) is 26.2. The van der Waals surface area contributed by atoms with Gasteiger partial charge in [-0.1, -0.05) is 117 Å². The Labute approximate surface area is 270 Å². The van der Waals surface area contributed by atoms with Crippen LogP contribution in [0.2, 0.25) is 0 Å². The van der Waals surface area contributed by atoms with Gasteiger partial charge in [-0.2, -0.15) is 0 Å². The Bertz CT molecular complexity index is 707. The first-order valence-corrected chi connectivity index (χ1v) is 18.3. The van der Waals surface area contributed by atoms with Crippen molar-refractivity contribution in [3.05, 3.63) is 12.2 Å². The summed E-state index contributed by atoms with van der Waals surface area (Å²) in [6.45, 7) is 9.00. The van der Waals surface area contributed by atoms with Gasteiger partial charge in [0.25, 0.3) is 0 Å². The molecule has 0 heterocycles. The molecule has 7 heteroatoms. The topological polar surface area (TPSA) is 115 Å². The highest BCUT2D eigenvalue weighted by molar-refractivity contribution is 5.70. The van der Waals surface area contributed by atoms with Gasteiger partial charge in [0.05, 0.1) is 32.1 Å². The standard InChI is InChI=1S/C37H69NO6/c1-5-9-10-11-12-13-14-15-16-17-18-19-20-21-22-23-24-25-26-27-28-38(29-32(6-2)35(39)40,30-33(7-3)36(41)42)31-34(8-4)37(43)44/h22-23,32-34H,5-21,24-31H2,1-4H3,(H2-,39,40,41,42,43,44)/b23-22+. The zero-order chi connectivity index (χ0) is 33.1. The van der Waals surface area contributed by atoms with Gasteiger partial charge in [0.1, 0.15) is 11.8 Å². The summed E-state index contributed by atoms with van der Waals surface area (Å²) < 4.78 is 0.205. The summed E-state index contributed by atoms with van der Waals surface area (Å²) in [6.07, 6.45) is 28.4. The van der Waals surface area contributed by atoms with Gasteiger partial charge in [0.15, 0.2) is 0 Å². The van der Waals surface area contributed by atoms with Crippen molar-refractivity contribution >= 4 is 17.9 Å². The number of hydrogen-bond acceptors (Lipinski definition) is 4. The van der Waals surface area contributed by atoms with E-state index >= 15 is 0 Å². The van der Waals surface area contributed by atoms with Crippen molar-refractivity contribution in [3.8, 4) is 0 Å². The van der Waals surface area contributed by atoms with Gasteiger partial charge < -0.3 is 24.6 Å². The number of quaternary nitrogens is 1. The van der Waals surface area contributed by atoms with E-state index in [1.54, 1.807) is 6.92 Å². The molecule has 0 aromatic rings. The van der Waals surface area contributed by atoms with E-state index in [4.69, 9.17) is 0 Å². The molecule has 0 aromatic carbocycles. The zero-order valence-electron chi connectivity index (χ0n) is 29.0. The van der Waals surface area contributed by atoms with Crippen molar-refractivity contribution < 1.29 is 34.2 Å². The van der Waals surface area contributed by atoms with E-state index in [0.29, 0.717) is 25.8 Å². The monoisotopic (exact) mass is 624 g/mol. The van der Waals surface area contributed by atoms with E-state index in [2.05, 4.69) is 19.1 Å². The summed E-state index contributed by atoms with van der Waals surface area (Å²) in [7, 11) is 0. The molecule has 3 unspecified atom stereocenters. The summed E-state index contributed by atoms with van der Waals surface area (Å²) in [5.74, 6) is -4.99. The highest BCUT2D eigenvalue weighted by Gasteiger charge is 2.39. The SMILES string of the molecule is CCCCCCCCCCCCCCC/C=C/CCCCC[N+](CC(CC)C(=O)[O-])(CC(CC)C(=O)O)CC(CC)C(=O)O. The summed E-state index contributed by atoms with van der Waals surface area (Å²) >= 11 is 0. The molecule has 3 atom stereocenters. The van der Waals surface area contributed by atoms with E-state index < -0.39 is 35.7 Å². The second-order valence-corrected chi connectivity index (χ2v) is 13.3. The number of rotatable bonds is 32. The maximum absolute atomic E-state index is 12.0. The minimum Gasteiger partial charge on any atom is -0.550 e. The van der Waals surface area contributed by atoms with Gasteiger partial charge in [-0.15, -0.1) is 0 Å². The average molecular weight is 624 g/mol. The molecule has 0 radical (unpaired) electrons. The highest BCUT2D eigenvalue weighted by atomic mass is 16.4. The van der Waals surface area contributed by atoms with Gasteiger partial charge in [-0.05, 0) is 57.8 Å². The van der Waals surface area contributed by atoms with Crippen LogP contribution in [-0.2, 0) is 14.4 Å². The maximum atomic E-state index is 12.0. The second-order valence-electron chi connectivity index (χ2n) is 13.3. The summed E-state index contributed by atoms with van der Waals surface area (Å²) in [4.78, 5) is 35.8. The van der Waals surface area contributed by atoms with Gasteiger partial charge in [-0.3, -0.25) is 9.59 Å². The number of unbranched alkanes of at least 4 members (excludes halogenated alkanes) is 16. The van der Waals surface area contributed by atoms with E-state index in [9.17, 15) is 29.7 Å². The summed E-state index contributed by atoms with van der Waals surface area (Å²) in [6, 6.07) is 0. The van der Waals surface area contributed by atoms with Crippen molar-refractivity contribution in [1.82, 2.24) is 0 Å². The average Bonchev–Trinajstić information content (AvgIpc) is 2.99. The predicted octanol–water partition coefficient (Wildman–Crippen LogP) is 8.40. The lowest BCUT2D eigenvalue weighted by molar-refractivity contribution is -0.935. The molecule has 0 fully saturated rings. The molecule has 258 valence electrons. The molecule has 44 heavy (non-hydrogen) atoms. The molecule has 0 saturated heterocycles. The third-order valence-corrected chi connectivity index (χ3v) is 9.48. The fourth-order valence-electron chi connectivity index (χ4n) is 6.44. The van der Waals surface area contributed by atoms with Crippen LogP contribution < -0.4 is 5.11 Å². The van der Waals surface area contributed by atoms with E-state index in [-0.39, 0.29) is 24.1 Å². The number of carbonyl (C=O) groups is 3. The number of hydrogen-bond donors (Lipinski definition) is 2. The predicted molar refractivity (Wildman–Crippen MR) is 179 cm³/mol. The minimum atomic E-state index is -1.14. The van der Waals surface area contributed by atoms with Gasteiger partial charge in [-0.25, -0.2) is 0 Å². The lowest BCUT2D eigenvalue weighted by Crippen LogP contribution is -2.59. The number of aliphatic carboxylic acids is 3. The molecule has 0 rings (SSSR count). The van der Waals surface area contributed by atoms with Crippen molar-refractivity contribution in [3.63, 3.8) is 0 Å². The first-order chi connectivity index (χ1) is 21.2. The Morgan fingerprint density at radius 1 is 0.545 bits per heavy atom. The molecule has 2 N–H and O–H groups in total. The van der Waals surface area contributed by atoms with E-state index in [1.165, 1.54) is 83.5 Å². The summed E-state index contributed by atoms with van der Waals surface area (Å²) in [5, 5.41) is 31.5. The van der Waals surface area contributed by atoms with Crippen LogP contribution in [0.25, 0.3) is 0 Å². The van der Waals surface area contributed by atoms with Crippen LogP contribution in [0.1, 0.15) is 163 Å². The molecule has 0 bridgehead atoms. The van der Waals surface area contributed by atoms with Gasteiger partial charge >= 0.3 is 11.9 Å². The van der Waals surface area contributed by atoms with Crippen LogP contribution in [0.3, 0.4) is 0 Å². The fraction of sp³-hybridized carbons (Fsp3) is 0.865. The highest BCUT2D eigenvalue weighted by Crippen LogP contribution is 2.25. The maximum Gasteiger partial charge on any atom is 0.312 e. The second kappa shape index (κ2) is 27.4. The Morgan fingerprint density at radius 2 is 0.886 bits per heavy atom. The molecule has 0 aliphatic rings. The number of nitrogens with zero attached hydrogens (tertiary/aromatic N) is 1. The molecule has 0 aliphatic carbocycles. The molecule has 0 aromatic heterocycles. The van der Waals surface area contributed by atoms with Gasteiger partial charge in [0.2, 0.25) is 0 Å². The van der Waals surface area contributed by atoms with Crippen LogP contribution in [0.5, 0.6) is 0 Å². The number of carbonyl (C=O) groups excluding carboxylic acids is 1. The molecular formula is C37H69NO6. The molecular weight excluding hydrogens is 554 g/mol. The van der Waals surface area contributed by atoms with Crippen molar-refractivity contribution in [2.45, 2.75) is 163 Å². The fourth-order valence-corrected chi connectivity index (χ4v) is 6.44. The van der Waals surface area contributed by atoms with Crippen molar-refractivity contribution in [2.75, 3.05) is 26.2 Å². The van der Waals surface area contributed by atoms with Crippen LogP contribution >= 0.6 is 0 Å². The molecule has 0 saturated carbocycles. The number of carboxylic acid groups (broad SMARTS) is 3. The van der Waals surface area contributed by atoms with E-state index in [0.717, 1.165) is 32.1 Å². The quantitative estimate of drug-likeness (QED) is 0.0442. The van der Waals surface area contributed by atoms with Crippen LogP contribution in [0.15, 0.2) is 12.2 Å². The Balaban J connectivity index is 4.61. The minimum absolute atomic E-state index is 0.205. The molecule has 0 spiro atoms. The third kappa shape index (κ3) is 21.0. The lowest BCUT2D eigenvalue weighted by Gasteiger charge is -2.44. The van der Waals surface area contributed by atoms with Crippen LogP contribution in [0.4, 0.5) is 0 Å². The number of carboxylic acids is 3. The molecule has 7 nitrogen and oxygen atoms in total. The lowest BCUT2D eigenvalue weighted by atomic mass is 9.95.